The van der Waals surface area contributed by atoms with E-state index in [0.717, 1.165) is 0 Å². The Morgan fingerprint density at radius 1 is 1.61 bits per heavy atom. The fraction of sp³-hybridized carbons (Fsp3) is 0.700. The maximum atomic E-state index is 12.2. The lowest BCUT2D eigenvalue weighted by molar-refractivity contribution is -0.0222. The van der Waals surface area contributed by atoms with Gasteiger partial charge >= 0.3 is 0 Å². The van der Waals surface area contributed by atoms with E-state index in [-0.39, 0.29) is 11.5 Å². The topological polar surface area (TPSA) is 93.5 Å². The van der Waals surface area contributed by atoms with Crippen molar-refractivity contribution in [1.82, 2.24) is 14.5 Å². The van der Waals surface area contributed by atoms with E-state index in [0.29, 0.717) is 18.7 Å². The fourth-order valence-corrected chi connectivity index (χ4v) is 3.37. The average molecular weight is 275 g/mol. The molecule has 1 saturated heterocycles. The minimum Gasteiger partial charge on any atom is -0.389 e. The molecule has 0 unspecified atom stereocenters. The van der Waals surface area contributed by atoms with Crippen molar-refractivity contribution in [2.45, 2.75) is 30.4 Å². The number of rotatable bonds is 3. The quantitative estimate of drug-likeness (QED) is 0.750. The molecule has 2 rings (SSSR count). The Labute approximate surface area is 106 Å². The van der Waals surface area contributed by atoms with Crippen LogP contribution in [0.1, 0.15) is 12.1 Å². The van der Waals surface area contributed by atoms with Crippen molar-refractivity contribution >= 4 is 10.0 Å². The first-order valence-corrected chi connectivity index (χ1v) is 7.17. The summed E-state index contributed by atoms with van der Waals surface area (Å²) in [4.78, 5) is 0.142. The molecule has 1 aromatic heterocycles. The van der Waals surface area contributed by atoms with Crippen LogP contribution in [-0.4, -0.2) is 48.7 Å². The maximum absolute atomic E-state index is 12.2. The third-order valence-electron chi connectivity index (χ3n) is 3.11. The van der Waals surface area contributed by atoms with Crippen LogP contribution in [-0.2, 0) is 21.8 Å². The van der Waals surface area contributed by atoms with E-state index in [2.05, 4.69) is 9.82 Å². The SMILES string of the molecule is Cc1c(S(=O)(=O)N[C@@H]2CCOC[C@H]2O)cnn1C. The molecule has 2 N–H and O–H groups in total. The molecule has 7 nitrogen and oxygen atoms in total. The molecule has 0 aromatic carbocycles. The first-order chi connectivity index (χ1) is 8.42. The Balaban J connectivity index is 2.19. The van der Waals surface area contributed by atoms with Gasteiger partial charge in [0.25, 0.3) is 0 Å². The summed E-state index contributed by atoms with van der Waals surface area (Å²) in [6.07, 6.45) is 0.953. The number of nitrogens with one attached hydrogen (secondary N) is 1. The Morgan fingerprint density at radius 2 is 2.33 bits per heavy atom. The molecule has 1 aliphatic rings. The first kappa shape index (κ1) is 13.5. The van der Waals surface area contributed by atoms with E-state index < -0.39 is 22.2 Å². The van der Waals surface area contributed by atoms with Gasteiger partial charge in [-0.25, -0.2) is 13.1 Å². The van der Waals surface area contributed by atoms with Crippen LogP contribution in [0.15, 0.2) is 11.1 Å². The normalized spacial score (nSPS) is 25.3. The fourth-order valence-electron chi connectivity index (χ4n) is 1.87. The summed E-state index contributed by atoms with van der Waals surface area (Å²) < 4.78 is 33.4. The minimum absolute atomic E-state index is 0.142. The summed E-state index contributed by atoms with van der Waals surface area (Å²) in [7, 11) is -1.97. The lowest BCUT2D eigenvalue weighted by atomic mass is 10.1. The number of hydrogen-bond donors (Lipinski definition) is 2. The van der Waals surface area contributed by atoms with Crippen LogP contribution in [0.25, 0.3) is 0 Å². The molecule has 8 heteroatoms. The molecule has 2 atom stereocenters. The van der Waals surface area contributed by atoms with E-state index in [1.165, 1.54) is 10.9 Å². The molecule has 1 aromatic rings. The third kappa shape index (κ3) is 2.56. The first-order valence-electron chi connectivity index (χ1n) is 5.68. The highest BCUT2D eigenvalue weighted by Gasteiger charge is 2.30. The van der Waals surface area contributed by atoms with Gasteiger partial charge < -0.3 is 9.84 Å². The van der Waals surface area contributed by atoms with Crippen LogP contribution >= 0.6 is 0 Å². The van der Waals surface area contributed by atoms with E-state index in [9.17, 15) is 13.5 Å². The number of ether oxygens (including phenoxy) is 1. The van der Waals surface area contributed by atoms with Crippen molar-refractivity contribution in [2.75, 3.05) is 13.2 Å². The predicted octanol–water partition coefficient (Wildman–Crippen LogP) is -0.843. The lowest BCUT2D eigenvalue weighted by Gasteiger charge is -2.28. The summed E-state index contributed by atoms with van der Waals surface area (Å²) in [5.74, 6) is 0. The van der Waals surface area contributed by atoms with Gasteiger partial charge in [0.2, 0.25) is 10.0 Å². The molecule has 2 heterocycles. The summed E-state index contributed by atoms with van der Waals surface area (Å²) in [6.45, 7) is 2.28. The predicted molar refractivity (Wildman–Crippen MR) is 63.5 cm³/mol. The highest BCUT2D eigenvalue weighted by Crippen LogP contribution is 2.16. The molecule has 0 aliphatic carbocycles. The van der Waals surface area contributed by atoms with Gasteiger partial charge in [0.05, 0.1) is 30.6 Å². The van der Waals surface area contributed by atoms with Gasteiger partial charge in [-0.1, -0.05) is 0 Å². The van der Waals surface area contributed by atoms with Crippen molar-refractivity contribution < 1.29 is 18.3 Å². The van der Waals surface area contributed by atoms with Gasteiger partial charge in [0.15, 0.2) is 0 Å². The second-order valence-electron chi connectivity index (χ2n) is 4.38. The van der Waals surface area contributed by atoms with Crippen LogP contribution in [0.4, 0.5) is 0 Å². The summed E-state index contributed by atoms with van der Waals surface area (Å²) >= 11 is 0. The molecule has 18 heavy (non-hydrogen) atoms. The van der Waals surface area contributed by atoms with E-state index in [1.54, 1.807) is 14.0 Å². The number of aliphatic hydroxyl groups excluding tert-OH is 1. The number of aromatic nitrogens is 2. The molecule has 0 amide bonds. The monoisotopic (exact) mass is 275 g/mol. The van der Waals surface area contributed by atoms with Gasteiger partial charge in [-0.15, -0.1) is 0 Å². The van der Waals surface area contributed by atoms with E-state index >= 15 is 0 Å². The van der Waals surface area contributed by atoms with Crippen molar-refractivity contribution in [3.63, 3.8) is 0 Å². The summed E-state index contributed by atoms with van der Waals surface area (Å²) in [5.41, 5.74) is 0.559. The van der Waals surface area contributed by atoms with Crippen molar-refractivity contribution in [2.24, 2.45) is 7.05 Å². The number of aryl methyl sites for hydroxylation is 1. The molecular formula is C10H17N3O4S. The van der Waals surface area contributed by atoms with Gasteiger partial charge in [0, 0.05) is 13.7 Å². The van der Waals surface area contributed by atoms with Crippen LogP contribution in [0.5, 0.6) is 0 Å². The van der Waals surface area contributed by atoms with Gasteiger partial charge in [0.1, 0.15) is 4.90 Å². The Kier molecular flexibility index (Phi) is 3.71. The third-order valence-corrected chi connectivity index (χ3v) is 4.71. The number of aliphatic hydroxyl groups is 1. The standard InChI is InChI=1S/C10H17N3O4S/c1-7-10(5-11-13(7)2)18(15,16)12-8-3-4-17-6-9(8)14/h5,8-9,12,14H,3-4,6H2,1-2H3/t8-,9-/m1/s1. The second kappa shape index (κ2) is 4.96. The van der Waals surface area contributed by atoms with Crippen molar-refractivity contribution in [1.29, 1.82) is 0 Å². The Hall–Kier alpha value is -0.960. The molecule has 0 saturated carbocycles. The van der Waals surface area contributed by atoms with Crippen LogP contribution in [0.3, 0.4) is 0 Å². The average Bonchev–Trinajstić information content (AvgIpc) is 2.63. The Morgan fingerprint density at radius 3 is 2.89 bits per heavy atom. The number of nitrogens with zero attached hydrogens (tertiary/aromatic N) is 2. The second-order valence-corrected chi connectivity index (χ2v) is 6.06. The van der Waals surface area contributed by atoms with Crippen LogP contribution in [0, 0.1) is 6.92 Å². The number of sulfonamides is 1. The van der Waals surface area contributed by atoms with Gasteiger partial charge in [-0.2, -0.15) is 5.10 Å². The van der Waals surface area contributed by atoms with Crippen LogP contribution in [0.2, 0.25) is 0 Å². The van der Waals surface area contributed by atoms with Gasteiger partial charge in [-0.05, 0) is 13.3 Å². The molecule has 102 valence electrons. The highest BCUT2D eigenvalue weighted by atomic mass is 32.2. The van der Waals surface area contributed by atoms with Crippen molar-refractivity contribution in [3.05, 3.63) is 11.9 Å². The highest BCUT2D eigenvalue weighted by molar-refractivity contribution is 7.89. The minimum atomic E-state index is -3.65. The molecule has 1 fully saturated rings. The van der Waals surface area contributed by atoms with E-state index in [1.807, 2.05) is 0 Å². The maximum Gasteiger partial charge on any atom is 0.244 e. The summed E-state index contributed by atoms with van der Waals surface area (Å²) in [6, 6.07) is -0.511. The molecule has 1 aliphatic heterocycles. The largest absolute Gasteiger partial charge is 0.389 e. The molecule has 0 spiro atoms. The zero-order valence-corrected chi connectivity index (χ0v) is 11.1. The smallest absolute Gasteiger partial charge is 0.244 e. The van der Waals surface area contributed by atoms with Crippen LogP contribution < -0.4 is 4.72 Å². The number of hydrogen-bond acceptors (Lipinski definition) is 5. The molecular weight excluding hydrogens is 258 g/mol. The summed E-state index contributed by atoms with van der Waals surface area (Å²) in [5, 5.41) is 13.6. The molecule has 0 radical (unpaired) electrons. The zero-order chi connectivity index (χ0) is 13.3. The molecule has 0 bridgehead atoms. The lowest BCUT2D eigenvalue weighted by Crippen LogP contribution is -2.48. The van der Waals surface area contributed by atoms with E-state index in [4.69, 9.17) is 4.74 Å². The Bertz CT molecular complexity index is 525. The van der Waals surface area contributed by atoms with Crippen molar-refractivity contribution in [3.8, 4) is 0 Å². The van der Waals surface area contributed by atoms with Gasteiger partial charge in [-0.3, -0.25) is 4.68 Å². The zero-order valence-electron chi connectivity index (χ0n) is 10.3.